The van der Waals surface area contributed by atoms with Gasteiger partial charge >= 0.3 is 0 Å². The zero-order valence-electron chi connectivity index (χ0n) is 6.26. The molecule has 0 rings (SSSR count). The van der Waals surface area contributed by atoms with E-state index in [2.05, 4.69) is 45.0 Å². The number of aliphatic hydroxyl groups is 1. The summed E-state index contributed by atoms with van der Waals surface area (Å²) in [6, 6.07) is 0. The van der Waals surface area contributed by atoms with Gasteiger partial charge in [-0.1, -0.05) is 44.5 Å². The van der Waals surface area contributed by atoms with Crippen molar-refractivity contribution in [2.75, 3.05) is 0 Å². The van der Waals surface area contributed by atoms with E-state index in [-0.39, 0.29) is 10.9 Å². The molecule has 0 radical (unpaired) electrons. The molecule has 0 aliphatic heterocycles. The van der Waals surface area contributed by atoms with Gasteiger partial charge in [0.05, 0.1) is 6.10 Å². The third-order valence-electron chi connectivity index (χ3n) is 1.21. The maximum absolute atomic E-state index is 9.35. The first-order chi connectivity index (χ1) is 5.06. The summed E-state index contributed by atoms with van der Waals surface area (Å²) in [7, 11) is 0. The summed E-state index contributed by atoms with van der Waals surface area (Å²) < 4.78 is 0.828. The predicted octanol–water partition coefficient (Wildman–Crippen LogP) is 2.99. The summed E-state index contributed by atoms with van der Waals surface area (Å²) in [6.07, 6.45) is 2.69. The van der Waals surface area contributed by atoms with Crippen LogP contribution in [0, 0.1) is 0 Å². The third-order valence-corrected chi connectivity index (χ3v) is 2.28. The first-order valence-corrected chi connectivity index (χ1v) is 5.05. The van der Waals surface area contributed by atoms with Crippen molar-refractivity contribution in [1.82, 2.24) is 0 Å². The molecule has 2 atom stereocenters. The minimum atomic E-state index is -0.343. The average molecular weight is 284 g/mol. The fourth-order valence-corrected chi connectivity index (χ4v) is 1.50. The summed E-state index contributed by atoms with van der Waals surface area (Å²) in [6.45, 7) is 7.24. The zero-order chi connectivity index (χ0) is 8.85. The van der Waals surface area contributed by atoms with E-state index in [1.807, 2.05) is 0 Å². The van der Waals surface area contributed by atoms with Crippen LogP contribution in [-0.4, -0.2) is 16.0 Å². The molecule has 0 saturated carbocycles. The SMILES string of the molecule is C=CC(Br)CC(O)CC(=C)Br. The molecule has 64 valence electrons. The topological polar surface area (TPSA) is 20.2 Å². The molecule has 0 saturated heterocycles. The van der Waals surface area contributed by atoms with Crippen molar-refractivity contribution in [2.24, 2.45) is 0 Å². The van der Waals surface area contributed by atoms with Crippen molar-refractivity contribution >= 4 is 31.9 Å². The summed E-state index contributed by atoms with van der Waals surface area (Å²) in [5, 5.41) is 9.35. The molecule has 0 aromatic heterocycles. The summed E-state index contributed by atoms with van der Waals surface area (Å²) in [5.74, 6) is 0. The van der Waals surface area contributed by atoms with Crippen molar-refractivity contribution in [3.05, 3.63) is 23.7 Å². The highest BCUT2D eigenvalue weighted by Crippen LogP contribution is 2.16. The molecule has 0 fully saturated rings. The highest BCUT2D eigenvalue weighted by atomic mass is 79.9. The molecule has 11 heavy (non-hydrogen) atoms. The predicted molar refractivity (Wildman–Crippen MR) is 56.2 cm³/mol. The van der Waals surface area contributed by atoms with Gasteiger partial charge in [-0.25, -0.2) is 0 Å². The van der Waals surface area contributed by atoms with E-state index in [0.29, 0.717) is 12.8 Å². The van der Waals surface area contributed by atoms with Crippen LogP contribution >= 0.6 is 31.9 Å². The number of halogens is 2. The summed E-state index contributed by atoms with van der Waals surface area (Å²) >= 11 is 6.54. The number of alkyl halides is 1. The van der Waals surface area contributed by atoms with Crippen LogP contribution in [0.1, 0.15) is 12.8 Å². The van der Waals surface area contributed by atoms with Gasteiger partial charge in [0, 0.05) is 11.2 Å². The van der Waals surface area contributed by atoms with Crippen molar-refractivity contribution in [1.29, 1.82) is 0 Å². The molecule has 0 aliphatic rings. The minimum absolute atomic E-state index is 0.185. The molecule has 0 bridgehead atoms. The Balaban J connectivity index is 3.59. The van der Waals surface area contributed by atoms with E-state index < -0.39 is 0 Å². The standard InChI is InChI=1S/C8H12Br2O/c1-3-7(10)5-8(11)4-6(2)9/h3,7-8,11H,1-2,4-5H2. The number of allylic oxidation sites excluding steroid dienone is 1. The molecule has 1 N–H and O–H groups in total. The lowest BCUT2D eigenvalue weighted by atomic mass is 10.1. The number of aliphatic hydroxyl groups excluding tert-OH is 1. The molecule has 1 nitrogen and oxygen atoms in total. The lowest BCUT2D eigenvalue weighted by molar-refractivity contribution is 0.170. The van der Waals surface area contributed by atoms with E-state index in [1.165, 1.54) is 0 Å². The van der Waals surface area contributed by atoms with E-state index in [9.17, 15) is 5.11 Å². The molecule has 0 spiro atoms. The smallest absolute Gasteiger partial charge is 0.0599 e. The van der Waals surface area contributed by atoms with Crippen LogP contribution in [0.15, 0.2) is 23.7 Å². The van der Waals surface area contributed by atoms with Gasteiger partial charge in [-0.2, -0.15) is 0 Å². The first kappa shape index (κ1) is 11.4. The van der Waals surface area contributed by atoms with Crippen LogP contribution < -0.4 is 0 Å². The molecule has 2 unspecified atom stereocenters. The van der Waals surface area contributed by atoms with Gasteiger partial charge in [0.25, 0.3) is 0 Å². The molecule has 0 heterocycles. The second-order valence-corrected chi connectivity index (χ2v) is 4.66. The minimum Gasteiger partial charge on any atom is -0.393 e. The highest BCUT2D eigenvalue weighted by molar-refractivity contribution is 9.11. The van der Waals surface area contributed by atoms with E-state index in [0.717, 1.165) is 4.48 Å². The molecular weight excluding hydrogens is 272 g/mol. The van der Waals surface area contributed by atoms with Crippen molar-refractivity contribution in [2.45, 2.75) is 23.8 Å². The number of hydrogen-bond donors (Lipinski definition) is 1. The molecule has 3 heteroatoms. The average Bonchev–Trinajstić information content (AvgIpc) is 1.85. The van der Waals surface area contributed by atoms with Crippen molar-refractivity contribution in [3.63, 3.8) is 0 Å². The van der Waals surface area contributed by atoms with E-state index in [4.69, 9.17) is 0 Å². The van der Waals surface area contributed by atoms with Crippen LogP contribution in [0.2, 0.25) is 0 Å². The Morgan fingerprint density at radius 1 is 1.64 bits per heavy atom. The maximum Gasteiger partial charge on any atom is 0.0599 e. The molecular formula is C8H12Br2O. The number of hydrogen-bond acceptors (Lipinski definition) is 1. The summed E-state index contributed by atoms with van der Waals surface area (Å²) in [5.41, 5.74) is 0. The van der Waals surface area contributed by atoms with Crippen LogP contribution in [0.4, 0.5) is 0 Å². The van der Waals surface area contributed by atoms with Gasteiger partial charge < -0.3 is 5.11 Å². The molecule has 0 aliphatic carbocycles. The summed E-state index contributed by atoms with van der Waals surface area (Å²) in [4.78, 5) is 0.185. The van der Waals surface area contributed by atoms with Gasteiger partial charge in [-0.05, 0) is 10.9 Å². The Labute approximate surface area is 84.4 Å². The Hall–Kier alpha value is 0.400. The zero-order valence-corrected chi connectivity index (χ0v) is 9.44. The Morgan fingerprint density at radius 2 is 2.18 bits per heavy atom. The molecule has 0 amide bonds. The van der Waals surface area contributed by atoms with Crippen LogP contribution in [0.25, 0.3) is 0 Å². The fraction of sp³-hybridized carbons (Fsp3) is 0.500. The Bertz CT molecular complexity index is 145. The molecule has 0 aromatic carbocycles. The second-order valence-electron chi connectivity index (χ2n) is 2.36. The van der Waals surface area contributed by atoms with E-state index >= 15 is 0 Å². The van der Waals surface area contributed by atoms with Crippen molar-refractivity contribution in [3.8, 4) is 0 Å². The Kier molecular flexibility index (Phi) is 6.19. The van der Waals surface area contributed by atoms with Crippen LogP contribution in [0.5, 0.6) is 0 Å². The quantitative estimate of drug-likeness (QED) is 0.608. The highest BCUT2D eigenvalue weighted by Gasteiger charge is 2.08. The molecule has 0 aromatic rings. The van der Waals surface area contributed by atoms with Crippen molar-refractivity contribution < 1.29 is 5.11 Å². The number of rotatable bonds is 5. The maximum atomic E-state index is 9.35. The van der Waals surface area contributed by atoms with Gasteiger partial charge in [0.15, 0.2) is 0 Å². The van der Waals surface area contributed by atoms with Gasteiger partial charge in [-0.3, -0.25) is 0 Å². The van der Waals surface area contributed by atoms with E-state index in [1.54, 1.807) is 6.08 Å². The lowest BCUT2D eigenvalue weighted by Gasteiger charge is -2.10. The van der Waals surface area contributed by atoms with Gasteiger partial charge in [0.1, 0.15) is 0 Å². The second kappa shape index (κ2) is 5.98. The van der Waals surface area contributed by atoms with Crippen LogP contribution in [-0.2, 0) is 0 Å². The third kappa shape index (κ3) is 6.78. The monoisotopic (exact) mass is 282 g/mol. The Morgan fingerprint density at radius 3 is 2.55 bits per heavy atom. The fourth-order valence-electron chi connectivity index (χ4n) is 0.695. The first-order valence-electron chi connectivity index (χ1n) is 3.34. The lowest BCUT2D eigenvalue weighted by Crippen LogP contribution is -2.11. The van der Waals surface area contributed by atoms with Gasteiger partial charge in [-0.15, -0.1) is 6.58 Å². The van der Waals surface area contributed by atoms with Crippen LogP contribution in [0.3, 0.4) is 0 Å². The van der Waals surface area contributed by atoms with Gasteiger partial charge in [0.2, 0.25) is 0 Å². The largest absolute Gasteiger partial charge is 0.393 e. The normalized spacial score (nSPS) is 15.5.